The minimum Gasteiger partial charge on any atom is -0.398 e. The van der Waals surface area contributed by atoms with Crippen molar-refractivity contribution in [1.29, 1.82) is 0 Å². The Morgan fingerprint density at radius 3 is 2.39 bits per heavy atom. The van der Waals surface area contributed by atoms with Crippen molar-refractivity contribution in [2.75, 3.05) is 12.3 Å². The summed E-state index contributed by atoms with van der Waals surface area (Å²) in [4.78, 5) is 0.277. The van der Waals surface area contributed by atoms with E-state index in [1.54, 1.807) is 13.0 Å². The van der Waals surface area contributed by atoms with E-state index in [0.29, 0.717) is 22.3 Å². The van der Waals surface area contributed by atoms with Crippen LogP contribution < -0.4 is 5.73 Å². The molecular formula is C12H19BrN2O2S. The van der Waals surface area contributed by atoms with Crippen molar-refractivity contribution in [2.45, 2.75) is 38.6 Å². The fraction of sp³-hybridized carbons (Fsp3) is 0.500. The first-order valence-electron chi connectivity index (χ1n) is 5.79. The number of anilines is 1. The molecule has 102 valence electrons. The van der Waals surface area contributed by atoms with Gasteiger partial charge in [-0.1, -0.05) is 6.92 Å². The van der Waals surface area contributed by atoms with E-state index < -0.39 is 10.0 Å². The van der Waals surface area contributed by atoms with E-state index in [-0.39, 0.29) is 10.9 Å². The van der Waals surface area contributed by atoms with Crippen LogP contribution in [0.4, 0.5) is 5.69 Å². The lowest BCUT2D eigenvalue weighted by atomic mass is 10.2. The van der Waals surface area contributed by atoms with E-state index in [9.17, 15) is 8.42 Å². The third-order valence-corrected chi connectivity index (χ3v) is 5.75. The van der Waals surface area contributed by atoms with Gasteiger partial charge in [0.15, 0.2) is 0 Å². The summed E-state index contributed by atoms with van der Waals surface area (Å²) < 4.78 is 27.3. The Morgan fingerprint density at radius 1 is 1.39 bits per heavy atom. The highest BCUT2D eigenvalue weighted by Crippen LogP contribution is 2.29. The first-order chi connectivity index (χ1) is 8.21. The molecule has 0 saturated carbocycles. The van der Waals surface area contributed by atoms with Crippen molar-refractivity contribution in [3.8, 4) is 0 Å². The van der Waals surface area contributed by atoms with Crippen LogP contribution in [-0.4, -0.2) is 25.3 Å². The van der Waals surface area contributed by atoms with Crippen molar-refractivity contribution in [2.24, 2.45) is 0 Å². The average molecular weight is 335 g/mol. The Bertz CT molecular complexity index is 541. The van der Waals surface area contributed by atoms with E-state index in [1.807, 2.05) is 20.8 Å². The van der Waals surface area contributed by atoms with Crippen LogP contribution in [0.5, 0.6) is 0 Å². The van der Waals surface area contributed by atoms with Crippen molar-refractivity contribution in [1.82, 2.24) is 4.31 Å². The summed E-state index contributed by atoms with van der Waals surface area (Å²) in [7, 11) is -3.49. The second-order valence-corrected chi connectivity index (χ2v) is 7.15. The standard InChI is InChI=1S/C12H19BrN2O2S/c1-5-15(8(2)3)18(16,17)12-7-11(14)10(13)6-9(12)4/h6-8H,5,14H2,1-4H3. The molecule has 4 nitrogen and oxygen atoms in total. The van der Waals surface area contributed by atoms with Crippen molar-refractivity contribution in [3.05, 3.63) is 22.2 Å². The molecule has 0 bridgehead atoms. The van der Waals surface area contributed by atoms with Crippen molar-refractivity contribution < 1.29 is 8.42 Å². The molecule has 0 aliphatic rings. The van der Waals surface area contributed by atoms with Crippen molar-refractivity contribution in [3.63, 3.8) is 0 Å². The third kappa shape index (κ3) is 2.87. The molecular weight excluding hydrogens is 316 g/mol. The molecule has 0 spiro atoms. The van der Waals surface area contributed by atoms with E-state index in [2.05, 4.69) is 15.9 Å². The number of rotatable bonds is 4. The van der Waals surface area contributed by atoms with E-state index >= 15 is 0 Å². The number of hydrogen-bond donors (Lipinski definition) is 1. The largest absolute Gasteiger partial charge is 0.398 e. The fourth-order valence-electron chi connectivity index (χ4n) is 1.89. The van der Waals surface area contributed by atoms with Crippen LogP contribution in [0.25, 0.3) is 0 Å². The minimum absolute atomic E-state index is 0.0794. The fourth-order valence-corrected chi connectivity index (χ4v) is 4.23. The monoisotopic (exact) mass is 334 g/mol. The van der Waals surface area contributed by atoms with Gasteiger partial charge in [0.1, 0.15) is 0 Å². The quantitative estimate of drug-likeness (QED) is 0.861. The van der Waals surface area contributed by atoms with Crippen LogP contribution in [0.1, 0.15) is 26.3 Å². The number of halogens is 1. The first kappa shape index (κ1) is 15.5. The van der Waals surface area contributed by atoms with E-state index in [4.69, 9.17) is 5.73 Å². The zero-order valence-corrected chi connectivity index (χ0v) is 13.5. The predicted molar refractivity (Wildman–Crippen MR) is 78.0 cm³/mol. The Morgan fingerprint density at radius 2 is 1.94 bits per heavy atom. The second-order valence-electron chi connectivity index (χ2n) is 4.44. The molecule has 18 heavy (non-hydrogen) atoms. The highest BCUT2D eigenvalue weighted by molar-refractivity contribution is 9.10. The van der Waals surface area contributed by atoms with Gasteiger partial charge in [-0.15, -0.1) is 0 Å². The molecule has 1 aromatic rings. The molecule has 0 unspecified atom stereocenters. The molecule has 1 aromatic carbocycles. The normalized spacial score (nSPS) is 12.4. The van der Waals surface area contributed by atoms with Gasteiger partial charge < -0.3 is 5.73 Å². The maximum Gasteiger partial charge on any atom is 0.243 e. The van der Waals surface area contributed by atoms with Gasteiger partial charge in [-0.2, -0.15) is 4.31 Å². The van der Waals surface area contributed by atoms with Gasteiger partial charge in [-0.25, -0.2) is 8.42 Å². The average Bonchev–Trinajstić information content (AvgIpc) is 2.23. The lowest BCUT2D eigenvalue weighted by Crippen LogP contribution is -2.37. The number of aryl methyl sites for hydroxylation is 1. The van der Waals surface area contributed by atoms with Gasteiger partial charge in [0, 0.05) is 22.7 Å². The molecule has 0 aliphatic heterocycles. The van der Waals surface area contributed by atoms with Gasteiger partial charge in [-0.3, -0.25) is 0 Å². The Labute approximate surface area is 117 Å². The zero-order chi connectivity index (χ0) is 14.1. The smallest absolute Gasteiger partial charge is 0.243 e. The summed E-state index contributed by atoms with van der Waals surface area (Å²) in [5.41, 5.74) is 6.89. The third-order valence-electron chi connectivity index (χ3n) is 2.77. The van der Waals surface area contributed by atoms with Crippen LogP contribution >= 0.6 is 15.9 Å². The van der Waals surface area contributed by atoms with Crippen LogP contribution in [0.3, 0.4) is 0 Å². The minimum atomic E-state index is -3.49. The number of nitrogens with zero attached hydrogens (tertiary/aromatic N) is 1. The molecule has 0 aromatic heterocycles. The summed E-state index contributed by atoms with van der Waals surface area (Å²) >= 11 is 3.30. The van der Waals surface area contributed by atoms with Gasteiger partial charge >= 0.3 is 0 Å². The number of nitrogens with two attached hydrogens (primary N) is 1. The number of benzene rings is 1. The summed E-state index contributed by atoms with van der Waals surface area (Å²) in [5, 5.41) is 0. The van der Waals surface area contributed by atoms with Crippen molar-refractivity contribution >= 4 is 31.6 Å². The molecule has 0 radical (unpaired) electrons. The summed E-state index contributed by atoms with van der Waals surface area (Å²) in [6.45, 7) is 7.76. The van der Waals surface area contributed by atoms with Crippen LogP contribution in [-0.2, 0) is 10.0 Å². The maximum atomic E-state index is 12.5. The van der Waals surface area contributed by atoms with E-state index in [1.165, 1.54) is 10.4 Å². The Kier molecular flexibility index (Phi) is 4.80. The zero-order valence-electron chi connectivity index (χ0n) is 11.1. The summed E-state index contributed by atoms with van der Waals surface area (Å²) in [6.07, 6.45) is 0. The Hall–Kier alpha value is -0.590. The van der Waals surface area contributed by atoms with Crippen LogP contribution in [0, 0.1) is 6.92 Å². The molecule has 0 fully saturated rings. The second kappa shape index (κ2) is 5.59. The lowest BCUT2D eigenvalue weighted by molar-refractivity contribution is 0.369. The van der Waals surface area contributed by atoms with Gasteiger partial charge in [0.2, 0.25) is 10.0 Å². The number of sulfonamides is 1. The van der Waals surface area contributed by atoms with Gasteiger partial charge in [0.25, 0.3) is 0 Å². The molecule has 2 N–H and O–H groups in total. The molecule has 0 atom stereocenters. The predicted octanol–water partition coefficient (Wildman–Crippen LogP) is 2.76. The molecule has 0 heterocycles. The van der Waals surface area contributed by atoms with Crippen LogP contribution in [0.2, 0.25) is 0 Å². The number of hydrogen-bond acceptors (Lipinski definition) is 3. The molecule has 0 aliphatic carbocycles. The highest BCUT2D eigenvalue weighted by atomic mass is 79.9. The SMILES string of the molecule is CCN(C(C)C)S(=O)(=O)c1cc(N)c(Br)cc1C. The topological polar surface area (TPSA) is 63.4 Å². The summed E-state index contributed by atoms with van der Waals surface area (Å²) in [6, 6.07) is 3.17. The molecule has 0 amide bonds. The first-order valence-corrected chi connectivity index (χ1v) is 8.02. The Balaban J connectivity index is 3.41. The highest BCUT2D eigenvalue weighted by Gasteiger charge is 2.27. The lowest BCUT2D eigenvalue weighted by Gasteiger charge is -2.25. The summed E-state index contributed by atoms with van der Waals surface area (Å²) in [5.74, 6) is 0. The van der Waals surface area contributed by atoms with E-state index in [0.717, 1.165) is 0 Å². The molecule has 1 rings (SSSR count). The molecule has 6 heteroatoms. The van der Waals surface area contributed by atoms with Crippen LogP contribution in [0.15, 0.2) is 21.5 Å². The van der Waals surface area contributed by atoms with Gasteiger partial charge in [0.05, 0.1) is 4.90 Å². The maximum absolute atomic E-state index is 12.5. The number of nitrogen functional groups attached to an aromatic ring is 1. The molecule has 0 saturated heterocycles. The van der Waals surface area contributed by atoms with Gasteiger partial charge in [-0.05, 0) is 54.4 Å².